The Kier molecular flexibility index (Phi) is 6.94. The average molecular weight is 286 g/mol. The first-order chi connectivity index (χ1) is 9.96. The number of nitriles is 1. The van der Waals surface area contributed by atoms with Crippen LogP contribution in [0.5, 0.6) is 0 Å². The van der Waals surface area contributed by atoms with Gasteiger partial charge < -0.3 is 4.90 Å². The number of hydrogen-bond acceptors (Lipinski definition) is 2. The van der Waals surface area contributed by atoms with Crippen LogP contribution in [0.25, 0.3) is 0 Å². The second-order valence-electron chi connectivity index (χ2n) is 6.05. The number of nitrogens with zero attached hydrogens (tertiary/aromatic N) is 2. The molecule has 0 aliphatic rings. The van der Waals surface area contributed by atoms with E-state index in [0.717, 1.165) is 12.0 Å². The third-order valence-corrected chi connectivity index (χ3v) is 3.47. The van der Waals surface area contributed by atoms with E-state index in [1.54, 1.807) is 4.90 Å². The van der Waals surface area contributed by atoms with E-state index in [1.165, 1.54) is 5.56 Å². The predicted octanol–water partition coefficient (Wildman–Crippen LogP) is 3.44. The Balaban J connectivity index is 2.63. The van der Waals surface area contributed by atoms with Gasteiger partial charge in [-0.05, 0) is 37.3 Å². The fourth-order valence-electron chi connectivity index (χ4n) is 2.33. The van der Waals surface area contributed by atoms with E-state index in [1.807, 2.05) is 26.0 Å². The zero-order chi connectivity index (χ0) is 15.8. The van der Waals surface area contributed by atoms with Crippen molar-refractivity contribution in [2.24, 2.45) is 11.8 Å². The van der Waals surface area contributed by atoms with Gasteiger partial charge in [-0.25, -0.2) is 0 Å². The highest BCUT2D eigenvalue weighted by molar-refractivity contribution is 5.78. The van der Waals surface area contributed by atoms with Crippen LogP contribution < -0.4 is 0 Å². The van der Waals surface area contributed by atoms with Crippen LogP contribution in [0.2, 0.25) is 0 Å². The molecule has 1 amide bonds. The van der Waals surface area contributed by atoms with Gasteiger partial charge in [-0.2, -0.15) is 5.26 Å². The maximum atomic E-state index is 12.3. The van der Waals surface area contributed by atoms with Crippen LogP contribution in [-0.4, -0.2) is 23.9 Å². The van der Waals surface area contributed by atoms with Crippen molar-refractivity contribution in [3.8, 4) is 6.07 Å². The molecule has 1 aromatic rings. The van der Waals surface area contributed by atoms with E-state index in [-0.39, 0.29) is 11.8 Å². The van der Waals surface area contributed by atoms with Crippen molar-refractivity contribution in [1.29, 1.82) is 5.26 Å². The highest BCUT2D eigenvalue weighted by atomic mass is 16.2. The lowest BCUT2D eigenvalue weighted by molar-refractivity contribution is -0.130. The molecule has 0 spiro atoms. The molecule has 1 rings (SSSR count). The fraction of sp³-hybridized carbons (Fsp3) is 0.556. The highest BCUT2D eigenvalue weighted by Crippen LogP contribution is 2.11. The molecule has 0 fully saturated rings. The van der Waals surface area contributed by atoms with Gasteiger partial charge in [0.15, 0.2) is 0 Å². The van der Waals surface area contributed by atoms with Crippen molar-refractivity contribution in [2.75, 3.05) is 13.1 Å². The molecule has 0 aliphatic heterocycles. The Morgan fingerprint density at radius 1 is 1.19 bits per heavy atom. The number of benzene rings is 1. The molecule has 0 N–H and O–H groups in total. The Hall–Kier alpha value is -1.82. The summed E-state index contributed by atoms with van der Waals surface area (Å²) < 4.78 is 0. The van der Waals surface area contributed by atoms with Gasteiger partial charge in [-0.15, -0.1) is 0 Å². The largest absolute Gasteiger partial charge is 0.341 e. The molecule has 0 heterocycles. The van der Waals surface area contributed by atoms with Crippen LogP contribution in [0, 0.1) is 23.2 Å². The van der Waals surface area contributed by atoms with Crippen molar-refractivity contribution < 1.29 is 4.79 Å². The average Bonchev–Trinajstić information content (AvgIpc) is 2.45. The first-order valence-corrected chi connectivity index (χ1v) is 7.71. The normalized spacial score (nSPS) is 12.0. The Bertz CT molecular complexity index is 485. The van der Waals surface area contributed by atoms with Crippen molar-refractivity contribution in [3.63, 3.8) is 0 Å². The van der Waals surface area contributed by atoms with Crippen molar-refractivity contribution >= 4 is 5.91 Å². The Morgan fingerprint density at radius 2 is 1.76 bits per heavy atom. The number of carbonyl (C=O) groups is 1. The summed E-state index contributed by atoms with van der Waals surface area (Å²) in [6.07, 6.45) is 1.48. The van der Waals surface area contributed by atoms with Gasteiger partial charge in [0.1, 0.15) is 0 Å². The van der Waals surface area contributed by atoms with Crippen molar-refractivity contribution in [1.82, 2.24) is 4.90 Å². The molecule has 0 aliphatic carbocycles. The summed E-state index contributed by atoms with van der Waals surface area (Å²) in [6, 6.07) is 10.5. The maximum absolute atomic E-state index is 12.3. The third kappa shape index (κ3) is 5.99. The minimum atomic E-state index is -0.123. The number of carbonyl (C=O) groups excluding carboxylic acids is 1. The van der Waals surface area contributed by atoms with Crippen LogP contribution in [0.15, 0.2) is 24.3 Å². The topological polar surface area (TPSA) is 44.1 Å². The summed E-state index contributed by atoms with van der Waals surface area (Å²) in [5, 5.41) is 8.87. The lowest BCUT2D eigenvalue weighted by Gasteiger charge is -2.22. The molecule has 0 saturated carbocycles. The molecule has 0 aromatic heterocycles. The van der Waals surface area contributed by atoms with Crippen LogP contribution in [0.4, 0.5) is 0 Å². The van der Waals surface area contributed by atoms with E-state index < -0.39 is 0 Å². The smallest absolute Gasteiger partial charge is 0.227 e. The lowest BCUT2D eigenvalue weighted by atomic mass is 10.0. The van der Waals surface area contributed by atoms with Gasteiger partial charge in [0.2, 0.25) is 5.91 Å². The van der Waals surface area contributed by atoms with Crippen molar-refractivity contribution in [2.45, 2.75) is 40.5 Å². The van der Waals surface area contributed by atoms with Gasteiger partial charge >= 0.3 is 0 Å². The molecule has 114 valence electrons. The van der Waals surface area contributed by atoms with Gasteiger partial charge in [0.25, 0.3) is 0 Å². The van der Waals surface area contributed by atoms with Crippen LogP contribution in [0.3, 0.4) is 0 Å². The summed E-state index contributed by atoms with van der Waals surface area (Å²) in [5.41, 5.74) is 2.35. The zero-order valence-corrected chi connectivity index (χ0v) is 13.6. The number of rotatable bonds is 7. The quantitative estimate of drug-likeness (QED) is 0.770. The predicted molar refractivity (Wildman–Crippen MR) is 85.7 cm³/mol. The fourth-order valence-corrected chi connectivity index (χ4v) is 2.33. The lowest BCUT2D eigenvalue weighted by Crippen LogP contribution is -2.35. The summed E-state index contributed by atoms with van der Waals surface area (Å²) >= 11 is 0. The van der Waals surface area contributed by atoms with Gasteiger partial charge in [0.05, 0.1) is 18.4 Å². The molecule has 0 unspecified atom stereocenters. The molecule has 3 heteroatoms. The second-order valence-corrected chi connectivity index (χ2v) is 6.05. The summed E-state index contributed by atoms with van der Waals surface area (Å²) in [7, 11) is 0. The third-order valence-electron chi connectivity index (χ3n) is 3.47. The molecule has 3 nitrogen and oxygen atoms in total. The number of amides is 1. The standard InChI is InChI=1S/C18H26N2O/c1-5-20(13-15(4)12-19)18(21)11-17-8-6-16(7-9-17)10-14(2)3/h6-9,14-15H,5,10-11,13H2,1-4H3/t15-/m1/s1. The van der Waals surface area contributed by atoms with Gasteiger partial charge in [0, 0.05) is 13.1 Å². The molecule has 21 heavy (non-hydrogen) atoms. The monoisotopic (exact) mass is 286 g/mol. The zero-order valence-electron chi connectivity index (χ0n) is 13.6. The van der Waals surface area contributed by atoms with E-state index in [9.17, 15) is 4.79 Å². The highest BCUT2D eigenvalue weighted by Gasteiger charge is 2.15. The molecule has 0 bridgehead atoms. The van der Waals surface area contributed by atoms with E-state index in [0.29, 0.717) is 25.4 Å². The van der Waals surface area contributed by atoms with Gasteiger partial charge in [-0.1, -0.05) is 38.1 Å². The van der Waals surface area contributed by atoms with Gasteiger partial charge in [-0.3, -0.25) is 4.79 Å². The molecule has 0 saturated heterocycles. The molecule has 1 aromatic carbocycles. The first kappa shape index (κ1) is 17.2. The minimum Gasteiger partial charge on any atom is -0.341 e. The summed E-state index contributed by atoms with van der Waals surface area (Å²) in [6.45, 7) is 9.36. The summed E-state index contributed by atoms with van der Waals surface area (Å²) in [4.78, 5) is 14.0. The van der Waals surface area contributed by atoms with Crippen LogP contribution in [-0.2, 0) is 17.6 Å². The first-order valence-electron chi connectivity index (χ1n) is 7.71. The van der Waals surface area contributed by atoms with E-state index in [4.69, 9.17) is 5.26 Å². The molecule has 1 atom stereocenters. The Labute approximate surface area is 128 Å². The van der Waals surface area contributed by atoms with Crippen molar-refractivity contribution in [3.05, 3.63) is 35.4 Å². The minimum absolute atomic E-state index is 0.0937. The maximum Gasteiger partial charge on any atom is 0.227 e. The molecular weight excluding hydrogens is 260 g/mol. The van der Waals surface area contributed by atoms with E-state index in [2.05, 4.69) is 32.0 Å². The van der Waals surface area contributed by atoms with Crippen LogP contribution in [0.1, 0.15) is 38.8 Å². The Morgan fingerprint density at radius 3 is 2.24 bits per heavy atom. The number of likely N-dealkylation sites (N-methyl/N-ethyl adjacent to an activating group) is 1. The molecular formula is C18H26N2O. The number of hydrogen-bond donors (Lipinski definition) is 0. The molecule has 0 radical (unpaired) electrons. The van der Waals surface area contributed by atoms with Crippen LogP contribution >= 0.6 is 0 Å². The van der Waals surface area contributed by atoms with E-state index >= 15 is 0 Å². The second kappa shape index (κ2) is 8.46. The summed E-state index contributed by atoms with van der Waals surface area (Å²) in [5.74, 6) is 0.610. The SMILES string of the molecule is CCN(C[C@H](C)C#N)C(=O)Cc1ccc(CC(C)C)cc1.